The van der Waals surface area contributed by atoms with E-state index in [1.165, 1.54) is 49.9 Å². The fourth-order valence-corrected chi connectivity index (χ4v) is 4.25. The molecule has 3 rings (SSSR count). The van der Waals surface area contributed by atoms with Crippen LogP contribution in [0.5, 0.6) is 0 Å². The Balaban J connectivity index is 1.43. The normalized spacial score (nSPS) is 20.5. The molecule has 1 unspecified atom stereocenters. The number of ether oxygens (including phenoxy) is 2. The Morgan fingerprint density at radius 3 is 2.68 bits per heavy atom. The van der Waals surface area contributed by atoms with E-state index < -0.39 is 0 Å². The standard InChI is InChI=1S/C25H42N4O2/c1-2-26-25(27-13-9-16-30-20-22-12-17-31-21-22)28-18-23-10-5-6-11-24(23)19-29-14-7-3-4-8-15-29/h5-6,10-11,22H,2-4,7-9,12-21H2,1H3,(H2,26,27,28). The summed E-state index contributed by atoms with van der Waals surface area (Å²) in [5, 5.41) is 6.82. The third kappa shape index (κ3) is 9.17. The number of likely N-dealkylation sites (tertiary alicyclic amines) is 1. The number of hydrogen-bond acceptors (Lipinski definition) is 4. The lowest BCUT2D eigenvalue weighted by Crippen LogP contribution is -2.38. The lowest BCUT2D eigenvalue weighted by molar-refractivity contribution is 0.0888. The van der Waals surface area contributed by atoms with Gasteiger partial charge >= 0.3 is 0 Å². The summed E-state index contributed by atoms with van der Waals surface area (Å²) in [5.74, 6) is 1.47. The van der Waals surface area contributed by atoms with Gasteiger partial charge in [-0.15, -0.1) is 0 Å². The highest BCUT2D eigenvalue weighted by atomic mass is 16.5. The van der Waals surface area contributed by atoms with Gasteiger partial charge in [0.05, 0.1) is 19.8 Å². The van der Waals surface area contributed by atoms with Gasteiger partial charge < -0.3 is 20.1 Å². The van der Waals surface area contributed by atoms with Crippen LogP contribution in [-0.2, 0) is 22.6 Å². The molecular weight excluding hydrogens is 388 g/mol. The second-order valence-corrected chi connectivity index (χ2v) is 8.74. The summed E-state index contributed by atoms with van der Waals surface area (Å²) in [5.41, 5.74) is 2.74. The predicted octanol–water partition coefficient (Wildman–Crippen LogP) is 3.56. The molecule has 2 aliphatic heterocycles. The first-order valence-electron chi connectivity index (χ1n) is 12.3. The van der Waals surface area contributed by atoms with E-state index in [9.17, 15) is 0 Å². The summed E-state index contributed by atoms with van der Waals surface area (Å²) >= 11 is 0. The average molecular weight is 431 g/mol. The molecule has 1 aromatic rings. The van der Waals surface area contributed by atoms with Crippen molar-refractivity contribution >= 4 is 5.96 Å². The Morgan fingerprint density at radius 1 is 1.13 bits per heavy atom. The van der Waals surface area contributed by atoms with Crippen LogP contribution in [0.15, 0.2) is 29.3 Å². The van der Waals surface area contributed by atoms with Crippen LogP contribution in [0.2, 0.25) is 0 Å². The highest BCUT2D eigenvalue weighted by molar-refractivity contribution is 5.79. The maximum atomic E-state index is 5.80. The van der Waals surface area contributed by atoms with E-state index in [4.69, 9.17) is 14.5 Å². The first-order chi connectivity index (χ1) is 15.3. The van der Waals surface area contributed by atoms with E-state index in [0.717, 1.165) is 64.9 Å². The van der Waals surface area contributed by atoms with Gasteiger partial charge in [0.25, 0.3) is 0 Å². The fraction of sp³-hybridized carbons (Fsp3) is 0.720. The van der Waals surface area contributed by atoms with Gasteiger partial charge in [-0.25, -0.2) is 4.99 Å². The smallest absolute Gasteiger partial charge is 0.191 e. The molecule has 0 bridgehead atoms. The minimum Gasteiger partial charge on any atom is -0.381 e. The maximum Gasteiger partial charge on any atom is 0.191 e. The maximum absolute atomic E-state index is 5.80. The first kappa shape index (κ1) is 24.0. The van der Waals surface area contributed by atoms with Gasteiger partial charge in [-0.2, -0.15) is 0 Å². The van der Waals surface area contributed by atoms with Gasteiger partial charge in [0.1, 0.15) is 0 Å². The Kier molecular flexibility index (Phi) is 11.2. The Labute approximate surface area is 188 Å². The quantitative estimate of drug-likeness (QED) is 0.319. The summed E-state index contributed by atoms with van der Waals surface area (Å²) in [4.78, 5) is 7.46. The second-order valence-electron chi connectivity index (χ2n) is 8.74. The molecule has 0 aromatic heterocycles. The van der Waals surface area contributed by atoms with E-state index in [2.05, 4.69) is 46.7 Å². The van der Waals surface area contributed by atoms with Gasteiger partial charge in [0.15, 0.2) is 5.96 Å². The van der Waals surface area contributed by atoms with Crippen molar-refractivity contribution in [3.63, 3.8) is 0 Å². The summed E-state index contributed by atoms with van der Waals surface area (Å²) in [6.07, 6.45) is 7.51. The van der Waals surface area contributed by atoms with Gasteiger partial charge in [0, 0.05) is 38.8 Å². The summed E-state index contributed by atoms with van der Waals surface area (Å²) in [6, 6.07) is 8.77. The van der Waals surface area contributed by atoms with Crippen molar-refractivity contribution in [3.8, 4) is 0 Å². The number of aliphatic imine (C=N–C) groups is 1. The second kappa shape index (κ2) is 14.4. The highest BCUT2D eigenvalue weighted by Crippen LogP contribution is 2.17. The SMILES string of the molecule is CCNC(=NCc1ccccc1CN1CCCCCC1)NCCCOCC1CCOC1. The summed E-state index contributed by atoms with van der Waals surface area (Å²) < 4.78 is 11.2. The molecule has 0 aliphatic carbocycles. The van der Waals surface area contributed by atoms with Crippen molar-refractivity contribution in [2.45, 2.75) is 58.5 Å². The summed E-state index contributed by atoms with van der Waals surface area (Å²) in [7, 11) is 0. The molecule has 2 saturated heterocycles. The van der Waals surface area contributed by atoms with E-state index in [-0.39, 0.29) is 0 Å². The van der Waals surface area contributed by atoms with Gasteiger partial charge in [-0.05, 0) is 56.8 Å². The van der Waals surface area contributed by atoms with Crippen molar-refractivity contribution in [2.75, 3.05) is 52.6 Å². The molecule has 0 spiro atoms. The molecule has 174 valence electrons. The topological polar surface area (TPSA) is 58.1 Å². The number of nitrogens with one attached hydrogen (secondary N) is 2. The average Bonchev–Trinajstić information content (AvgIpc) is 3.18. The Morgan fingerprint density at radius 2 is 1.94 bits per heavy atom. The van der Waals surface area contributed by atoms with Crippen molar-refractivity contribution in [3.05, 3.63) is 35.4 Å². The van der Waals surface area contributed by atoms with Crippen molar-refractivity contribution in [1.29, 1.82) is 0 Å². The number of hydrogen-bond donors (Lipinski definition) is 2. The van der Waals surface area contributed by atoms with Crippen LogP contribution < -0.4 is 10.6 Å². The summed E-state index contributed by atoms with van der Waals surface area (Å²) in [6.45, 7) is 11.4. The van der Waals surface area contributed by atoms with Gasteiger partial charge in [-0.3, -0.25) is 4.90 Å². The van der Waals surface area contributed by atoms with Gasteiger partial charge in [0.2, 0.25) is 0 Å². The molecule has 2 N–H and O–H groups in total. The molecule has 0 amide bonds. The third-order valence-electron chi connectivity index (χ3n) is 6.10. The van der Waals surface area contributed by atoms with Crippen LogP contribution in [0, 0.1) is 5.92 Å². The van der Waals surface area contributed by atoms with Crippen molar-refractivity contribution in [2.24, 2.45) is 10.9 Å². The molecule has 1 atom stereocenters. The number of nitrogens with zero attached hydrogens (tertiary/aromatic N) is 2. The van der Waals surface area contributed by atoms with E-state index in [1.807, 2.05) is 0 Å². The molecule has 31 heavy (non-hydrogen) atoms. The minimum atomic E-state index is 0.584. The third-order valence-corrected chi connectivity index (χ3v) is 6.10. The predicted molar refractivity (Wildman–Crippen MR) is 127 cm³/mol. The zero-order chi connectivity index (χ0) is 21.6. The molecule has 1 aromatic carbocycles. The number of rotatable bonds is 11. The monoisotopic (exact) mass is 430 g/mol. The zero-order valence-corrected chi connectivity index (χ0v) is 19.4. The molecule has 2 heterocycles. The molecule has 0 radical (unpaired) electrons. The largest absolute Gasteiger partial charge is 0.381 e. The fourth-order valence-electron chi connectivity index (χ4n) is 4.25. The van der Waals surface area contributed by atoms with E-state index in [0.29, 0.717) is 12.5 Å². The first-order valence-corrected chi connectivity index (χ1v) is 12.3. The van der Waals surface area contributed by atoms with Crippen LogP contribution in [0.25, 0.3) is 0 Å². The highest BCUT2D eigenvalue weighted by Gasteiger charge is 2.15. The molecule has 6 nitrogen and oxygen atoms in total. The van der Waals surface area contributed by atoms with E-state index >= 15 is 0 Å². The van der Waals surface area contributed by atoms with Gasteiger partial charge in [-0.1, -0.05) is 37.1 Å². The molecular formula is C25H42N4O2. The Bertz CT molecular complexity index is 638. The van der Waals surface area contributed by atoms with Crippen molar-refractivity contribution < 1.29 is 9.47 Å². The number of benzene rings is 1. The molecule has 0 saturated carbocycles. The van der Waals surface area contributed by atoms with Crippen LogP contribution >= 0.6 is 0 Å². The van der Waals surface area contributed by atoms with Crippen LogP contribution in [0.3, 0.4) is 0 Å². The van der Waals surface area contributed by atoms with Crippen LogP contribution in [0.4, 0.5) is 0 Å². The lowest BCUT2D eigenvalue weighted by atomic mass is 10.1. The molecule has 6 heteroatoms. The molecule has 2 fully saturated rings. The zero-order valence-electron chi connectivity index (χ0n) is 19.4. The number of guanidine groups is 1. The minimum absolute atomic E-state index is 0.584. The van der Waals surface area contributed by atoms with E-state index in [1.54, 1.807) is 0 Å². The lowest BCUT2D eigenvalue weighted by Gasteiger charge is -2.21. The van der Waals surface area contributed by atoms with Crippen molar-refractivity contribution in [1.82, 2.24) is 15.5 Å². The molecule has 2 aliphatic rings. The Hall–Kier alpha value is -1.63. The van der Waals surface area contributed by atoms with Crippen LogP contribution in [-0.4, -0.2) is 63.5 Å². The van der Waals surface area contributed by atoms with Crippen LogP contribution in [0.1, 0.15) is 56.6 Å².